The zero-order valence-corrected chi connectivity index (χ0v) is 14.5. The molecule has 1 unspecified atom stereocenters. The van der Waals surface area contributed by atoms with E-state index in [1.54, 1.807) is 0 Å². The standard InChI is InChI=1S/C12H16Cl4OSi/c1-18(2,3)17-11(9-13,12(14,15)16)10-7-5-4-6-8-10/h4-8H,9H2,1-3H3. The van der Waals surface area contributed by atoms with Gasteiger partial charge in [-0.25, -0.2) is 0 Å². The van der Waals surface area contributed by atoms with Gasteiger partial charge in [0.15, 0.2) is 8.32 Å². The van der Waals surface area contributed by atoms with Crippen molar-refractivity contribution in [1.29, 1.82) is 0 Å². The summed E-state index contributed by atoms with van der Waals surface area (Å²) in [5, 5.41) is 0. The van der Waals surface area contributed by atoms with Crippen molar-refractivity contribution < 1.29 is 4.43 Å². The first-order valence-corrected chi connectivity index (χ1v) is 10.6. The molecule has 0 saturated heterocycles. The van der Waals surface area contributed by atoms with E-state index in [4.69, 9.17) is 50.8 Å². The molecular formula is C12H16Cl4OSi. The van der Waals surface area contributed by atoms with Crippen LogP contribution in [0, 0.1) is 0 Å². The molecule has 6 heteroatoms. The maximum atomic E-state index is 6.14. The molecule has 0 saturated carbocycles. The molecule has 0 N–H and O–H groups in total. The van der Waals surface area contributed by atoms with Gasteiger partial charge in [-0.05, 0) is 25.2 Å². The van der Waals surface area contributed by atoms with Crippen LogP contribution in [0.25, 0.3) is 0 Å². The van der Waals surface area contributed by atoms with E-state index in [1.807, 2.05) is 50.0 Å². The van der Waals surface area contributed by atoms with E-state index >= 15 is 0 Å². The molecule has 1 rings (SSSR count). The van der Waals surface area contributed by atoms with Gasteiger partial charge in [0.05, 0.1) is 5.88 Å². The molecule has 1 nitrogen and oxygen atoms in total. The summed E-state index contributed by atoms with van der Waals surface area (Å²) >= 11 is 24.5. The Hall–Kier alpha value is 0.557. The maximum absolute atomic E-state index is 6.14. The lowest BCUT2D eigenvalue weighted by Crippen LogP contribution is -2.50. The van der Waals surface area contributed by atoms with Crippen LogP contribution >= 0.6 is 46.4 Å². The lowest BCUT2D eigenvalue weighted by Gasteiger charge is -2.42. The normalized spacial score (nSPS) is 16.4. The van der Waals surface area contributed by atoms with Crippen molar-refractivity contribution >= 4 is 54.7 Å². The van der Waals surface area contributed by atoms with Crippen molar-refractivity contribution in [1.82, 2.24) is 0 Å². The lowest BCUT2D eigenvalue weighted by molar-refractivity contribution is 0.0864. The van der Waals surface area contributed by atoms with Crippen LogP contribution in [-0.4, -0.2) is 18.0 Å². The van der Waals surface area contributed by atoms with Crippen LogP contribution in [-0.2, 0) is 10.0 Å². The van der Waals surface area contributed by atoms with E-state index in [0.717, 1.165) is 5.56 Å². The summed E-state index contributed by atoms with van der Waals surface area (Å²) in [5.74, 6) is 0.0811. The van der Waals surface area contributed by atoms with Gasteiger partial charge in [-0.3, -0.25) is 0 Å². The summed E-state index contributed by atoms with van der Waals surface area (Å²) in [7, 11) is -1.94. The first kappa shape index (κ1) is 16.6. The summed E-state index contributed by atoms with van der Waals surface area (Å²) in [6, 6.07) is 9.38. The molecule has 1 aromatic rings. The summed E-state index contributed by atoms with van der Waals surface area (Å²) in [6.07, 6.45) is 0. The van der Waals surface area contributed by atoms with Crippen molar-refractivity contribution in [3.63, 3.8) is 0 Å². The van der Waals surface area contributed by atoms with Crippen LogP contribution in [0.2, 0.25) is 19.6 Å². The molecule has 0 aromatic heterocycles. The predicted octanol–water partition coefficient (Wildman–Crippen LogP) is 5.34. The van der Waals surface area contributed by atoms with Crippen molar-refractivity contribution in [2.75, 3.05) is 5.88 Å². The molecule has 102 valence electrons. The third-order valence-electron chi connectivity index (χ3n) is 2.37. The molecule has 0 aliphatic rings. The smallest absolute Gasteiger partial charge is 0.223 e. The van der Waals surface area contributed by atoms with Crippen LogP contribution in [0.15, 0.2) is 30.3 Å². The van der Waals surface area contributed by atoms with Gasteiger partial charge in [0.25, 0.3) is 0 Å². The Morgan fingerprint density at radius 1 is 1.06 bits per heavy atom. The van der Waals surface area contributed by atoms with Crippen molar-refractivity contribution in [2.45, 2.75) is 29.0 Å². The molecule has 0 fully saturated rings. The average molecular weight is 346 g/mol. The minimum atomic E-state index is -1.94. The lowest BCUT2D eigenvalue weighted by atomic mass is 9.98. The van der Waals surface area contributed by atoms with Gasteiger partial charge in [0.1, 0.15) is 5.60 Å². The van der Waals surface area contributed by atoms with Gasteiger partial charge in [-0.15, -0.1) is 11.6 Å². The number of rotatable bonds is 4. The van der Waals surface area contributed by atoms with E-state index < -0.39 is 17.7 Å². The highest BCUT2D eigenvalue weighted by Gasteiger charge is 2.52. The second-order valence-corrected chi connectivity index (χ2v) is 12.0. The molecule has 0 bridgehead atoms. The van der Waals surface area contributed by atoms with Crippen LogP contribution in [0.4, 0.5) is 0 Å². The number of alkyl halides is 4. The first-order chi connectivity index (χ1) is 8.12. The quantitative estimate of drug-likeness (QED) is 0.528. The summed E-state index contributed by atoms with van der Waals surface area (Å²) in [5.41, 5.74) is -0.340. The SMILES string of the molecule is C[Si](C)(C)OC(CCl)(c1ccccc1)C(Cl)(Cl)Cl. The predicted molar refractivity (Wildman–Crippen MR) is 83.6 cm³/mol. The second-order valence-electron chi connectivity index (χ2n) is 5.04. The van der Waals surface area contributed by atoms with Gasteiger partial charge in [0, 0.05) is 0 Å². The highest BCUT2D eigenvalue weighted by atomic mass is 35.6. The largest absolute Gasteiger partial charge is 0.403 e. The van der Waals surface area contributed by atoms with Gasteiger partial charge in [0.2, 0.25) is 3.79 Å². The Morgan fingerprint density at radius 2 is 1.56 bits per heavy atom. The zero-order chi connectivity index (χ0) is 14.0. The molecule has 0 aliphatic carbocycles. The van der Waals surface area contributed by atoms with E-state index in [0.29, 0.717) is 0 Å². The van der Waals surface area contributed by atoms with Crippen LogP contribution in [0.5, 0.6) is 0 Å². The Labute approximate surface area is 129 Å². The van der Waals surface area contributed by atoms with Gasteiger partial charge >= 0.3 is 0 Å². The molecule has 0 amide bonds. The number of hydrogen-bond acceptors (Lipinski definition) is 1. The minimum Gasteiger partial charge on any atom is -0.403 e. The number of hydrogen-bond donors (Lipinski definition) is 0. The van der Waals surface area contributed by atoms with Gasteiger partial charge < -0.3 is 4.43 Å². The van der Waals surface area contributed by atoms with Crippen LogP contribution in [0.1, 0.15) is 5.56 Å². The third kappa shape index (κ3) is 3.78. The molecule has 0 aliphatic heterocycles. The third-order valence-corrected chi connectivity index (χ3v) is 4.62. The number of benzene rings is 1. The fourth-order valence-corrected chi connectivity index (χ4v) is 4.62. The molecular weight excluding hydrogens is 330 g/mol. The molecule has 0 spiro atoms. The minimum absolute atomic E-state index is 0.0811. The Kier molecular flexibility index (Phi) is 5.45. The Morgan fingerprint density at radius 3 is 1.89 bits per heavy atom. The Balaban J connectivity index is 3.33. The van der Waals surface area contributed by atoms with Gasteiger partial charge in [-0.1, -0.05) is 65.1 Å². The van der Waals surface area contributed by atoms with E-state index in [1.165, 1.54) is 0 Å². The summed E-state index contributed by atoms with van der Waals surface area (Å²) in [4.78, 5) is 0. The van der Waals surface area contributed by atoms with E-state index in [2.05, 4.69) is 0 Å². The summed E-state index contributed by atoms with van der Waals surface area (Å²) in [6.45, 7) is 6.11. The monoisotopic (exact) mass is 344 g/mol. The van der Waals surface area contributed by atoms with Crippen LogP contribution < -0.4 is 0 Å². The van der Waals surface area contributed by atoms with Crippen molar-refractivity contribution in [3.05, 3.63) is 35.9 Å². The molecule has 0 heterocycles. The molecule has 18 heavy (non-hydrogen) atoms. The second kappa shape index (κ2) is 5.90. The molecule has 1 aromatic carbocycles. The number of halogens is 4. The van der Waals surface area contributed by atoms with E-state index in [-0.39, 0.29) is 5.88 Å². The van der Waals surface area contributed by atoms with Crippen molar-refractivity contribution in [3.8, 4) is 0 Å². The highest BCUT2D eigenvalue weighted by molar-refractivity contribution is 6.71. The zero-order valence-electron chi connectivity index (χ0n) is 10.5. The average Bonchev–Trinajstić information content (AvgIpc) is 2.24. The first-order valence-electron chi connectivity index (χ1n) is 5.51. The van der Waals surface area contributed by atoms with Crippen molar-refractivity contribution in [2.24, 2.45) is 0 Å². The van der Waals surface area contributed by atoms with E-state index in [9.17, 15) is 0 Å². The Bertz CT molecular complexity index is 385. The molecule has 0 radical (unpaired) electrons. The fourth-order valence-electron chi connectivity index (χ4n) is 1.69. The highest BCUT2D eigenvalue weighted by Crippen LogP contribution is 2.49. The van der Waals surface area contributed by atoms with Crippen LogP contribution in [0.3, 0.4) is 0 Å². The maximum Gasteiger partial charge on any atom is 0.223 e. The summed E-state index contributed by atoms with van der Waals surface area (Å²) < 4.78 is 4.51. The topological polar surface area (TPSA) is 9.23 Å². The fraction of sp³-hybridized carbons (Fsp3) is 0.500. The van der Waals surface area contributed by atoms with Gasteiger partial charge in [-0.2, -0.15) is 0 Å². The molecule has 1 atom stereocenters.